The third kappa shape index (κ3) is 1.99. The molecule has 1 nitrogen and oxygen atoms in total. The molecule has 0 N–H and O–H groups in total. The summed E-state index contributed by atoms with van der Waals surface area (Å²) >= 11 is 0. The van der Waals surface area contributed by atoms with Crippen LogP contribution in [0.5, 0.6) is 0 Å². The standard InChI is InChI=1S/C17H23N/c1-2-4-16-14(3-1)7-8-15-12-18(10-9-17(15)16)11-13-5-6-13/h1-4,13,15,17H,5-12H2/t15-,17-/m0/s1. The lowest BCUT2D eigenvalue weighted by atomic mass is 9.71. The summed E-state index contributed by atoms with van der Waals surface area (Å²) in [7, 11) is 0. The molecule has 1 aromatic carbocycles. The average molecular weight is 241 g/mol. The zero-order valence-corrected chi connectivity index (χ0v) is 11.1. The Bertz CT molecular complexity index is 435. The molecule has 1 heteroatoms. The van der Waals surface area contributed by atoms with E-state index in [0.717, 1.165) is 17.8 Å². The number of rotatable bonds is 2. The molecule has 1 saturated carbocycles. The third-order valence-corrected chi connectivity index (χ3v) is 5.27. The first-order valence-electron chi connectivity index (χ1n) is 7.70. The van der Waals surface area contributed by atoms with Gasteiger partial charge in [0.2, 0.25) is 0 Å². The van der Waals surface area contributed by atoms with Crippen molar-refractivity contribution in [2.45, 2.75) is 38.0 Å². The molecule has 1 aliphatic heterocycles. The Morgan fingerprint density at radius 2 is 1.94 bits per heavy atom. The monoisotopic (exact) mass is 241 g/mol. The maximum Gasteiger partial charge on any atom is 0.00157 e. The van der Waals surface area contributed by atoms with Crippen LogP contribution < -0.4 is 0 Å². The third-order valence-electron chi connectivity index (χ3n) is 5.27. The van der Waals surface area contributed by atoms with Crippen molar-refractivity contribution in [3.05, 3.63) is 35.4 Å². The van der Waals surface area contributed by atoms with Crippen molar-refractivity contribution in [3.63, 3.8) is 0 Å². The fourth-order valence-corrected chi connectivity index (χ4v) is 4.11. The van der Waals surface area contributed by atoms with Crippen LogP contribution in [0.2, 0.25) is 0 Å². The Labute approximate surface area is 110 Å². The summed E-state index contributed by atoms with van der Waals surface area (Å²) in [6, 6.07) is 9.18. The molecule has 3 aliphatic rings. The molecule has 1 aromatic rings. The number of likely N-dealkylation sites (tertiary alicyclic amines) is 1. The highest BCUT2D eigenvalue weighted by Crippen LogP contribution is 2.42. The molecule has 1 saturated heterocycles. The quantitative estimate of drug-likeness (QED) is 0.766. The van der Waals surface area contributed by atoms with Gasteiger partial charge in [0.05, 0.1) is 0 Å². The maximum absolute atomic E-state index is 2.76. The van der Waals surface area contributed by atoms with E-state index in [-0.39, 0.29) is 0 Å². The predicted molar refractivity (Wildman–Crippen MR) is 74.8 cm³/mol. The van der Waals surface area contributed by atoms with Crippen molar-refractivity contribution in [1.29, 1.82) is 0 Å². The van der Waals surface area contributed by atoms with Gasteiger partial charge in [0.25, 0.3) is 0 Å². The summed E-state index contributed by atoms with van der Waals surface area (Å²) in [4.78, 5) is 2.76. The zero-order valence-electron chi connectivity index (χ0n) is 11.1. The van der Waals surface area contributed by atoms with Crippen LogP contribution in [0.4, 0.5) is 0 Å². The first-order chi connectivity index (χ1) is 8.90. The van der Waals surface area contributed by atoms with Gasteiger partial charge in [-0.05, 0) is 67.5 Å². The SMILES string of the molecule is c1ccc2c(c1)CC[C@H]1CN(CC3CC3)CC[C@H]21. The highest BCUT2D eigenvalue weighted by molar-refractivity contribution is 5.34. The van der Waals surface area contributed by atoms with Crippen molar-refractivity contribution >= 4 is 0 Å². The number of hydrogen-bond donors (Lipinski definition) is 0. The van der Waals surface area contributed by atoms with Crippen molar-refractivity contribution in [2.75, 3.05) is 19.6 Å². The molecule has 2 fully saturated rings. The predicted octanol–water partition coefficient (Wildman–Crippen LogP) is 3.45. The largest absolute Gasteiger partial charge is 0.303 e. The van der Waals surface area contributed by atoms with Gasteiger partial charge in [0, 0.05) is 13.1 Å². The van der Waals surface area contributed by atoms with Crippen molar-refractivity contribution < 1.29 is 0 Å². The average Bonchev–Trinajstić information content (AvgIpc) is 3.22. The van der Waals surface area contributed by atoms with Crippen molar-refractivity contribution in [2.24, 2.45) is 11.8 Å². The van der Waals surface area contributed by atoms with Crippen molar-refractivity contribution in [1.82, 2.24) is 4.90 Å². The highest BCUT2D eigenvalue weighted by Gasteiger charge is 2.35. The Hall–Kier alpha value is -0.820. The number of fused-ring (bicyclic) bond motifs is 3. The van der Waals surface area contributed by atoms with Crippen LogP contribution in [0.1, 0.15) is 42.7 Å². The van der Waals surface area contributed by atoms with Gasteiger partial charge in [-0.1, -0.05) is 24.3 Å². The van der Waals surface area contributed by atoms with Gasteiger partial charge in [-0.25, -0.2) is 0 Å². The molecule has 0 aromatic heterocycles. The van der Waals surface area contributed by atoms with Gasteiger partial charge in [-0.3, -0.25) is 0 Å². The number of aryl methyl sites for hydroxylation is 1. The lowest BCUT2D eigenvalue weighted by Gasteiger charge is -2.42. The van der Waals surface area contributed by atoms with Gasteiger partial charge >= 0.3 is 0 Å². The van der Waals surface area contributed by atoms with Gasteiger partial charge in [0.1, 0.15) is 0 Å². The minimum atomic E-state index is 0.866. The molecule has 2 aliphatic carbocycles. The fraction of sp³-hybridized carbons (Fsp3) is 0.647. The first kappa shape index (κ1) is 11.0. The molecule has 0 radical (unpaired) electrons. The van der Waals surface area contributed by atoms with E-state index in [2.05, 4.69) is 29.2 Å². The molecule has 0 amide bonds. The van der Waals surface area contributed by atoms with E-state index in [1.54, 1.807) is 11.1 Å². The normalized spacial score (nSPS) is 31.8. The van der Waals surface area contributed by atoms with Gasteiger partial charge in [-0.2, -0.15) is 0 Å². The van der Waals surface area contributed by atoms with E-state index in [9.17, 15) is 0 Å². The first-order valence-corrected chi connectivity index (χ1v) is 7.70. The van der Waals surface area contributed by atoms with Gasteiger partial charge in [-0.15, -0.1) is 0 Å². The molecule has 2 atom stereocenters. The highest BCUT2D eigenvalue weighted by atomic mass is 15.1. The Kier molecular flexibility index (Phi) is 2.69. The Morgan fingerprint density at radius 1 is 1.06 bits per heavy atom. The molecular formula is C17H23N. The van der Waals surface area contributed by atoms with E-state index in [1.165, 1.54) is 51.7 Å². The number of benzene rings is 1. The van der Waals surface area contributed by atoms with Gasteiger partial charge < -0.3 is 4.90 Å². The summed E-state index contributed by atoms with van der Waals surface area (Å²) in [5, 5.41) is 0. The second kappa shape index (κ2) is 4.38. The number of nitrogens with zero attached hydrogens (tertiary/aromatic N) is 1. The summed E-state index contributed by atoms with van der Waals surface area (Å²) < 4.78 is 0. The summed E-state index contributed by atoms with van der Waals surface area (Å²) in [5.74, 6) is 2.86. The Morgan fingerprint density at radius 3 is 2.83 bits per heavy atom. The number of piperidine rings is 1. The van der Waals surface area contributed by atoms with Crippen LogP contribution in [0.3, 0.4) is 0 Å². The summed E-state index contributed by atoms with van der Waals surface area (Å²) in [6.45, 7) is 4.10. The summed E-state index contributed by atoms with van der Waals surface area (Å²) in [5.41, 5.74) is 3.31. The smallest absolute Gasteiger partial charge is 0.00157 e. The lowest BCUT2D eigenvalue weighted by Crippen LogP contribution is -2.42. The molecule has 0 spiro atoms. The van der Waals surface area contributed by atoms with E-state index >= 15 is 0 Å². The van der Waals surface area contributed by atoms with Crippen LogP contribution in [0, 0.1) is 11.8 Å². The topological polar surface area (TPSA) is 3.24 Å². The number of hydrogen-bond acceptors (Lipinski definition) is 1. The maximum atomic E-state index is 2.76. The Balaban J connectivity index is 1.51. The van der Waals surface area contributed by atoms with Crippen LogP contribution in [-0.2, 0) is 6.42 Å². The molecule has 96 valence electrons. The van der Waals surface area contributed by atoms with E-state index in [4.69, 9.17) is 0 Å². The van der Waals surface area contributed by atoms with Crippen LogP contribution in [-0.4, -0.2) is 24.5 Å². The molecular weight excluding hydrogens is 218 g/mol. The molecule has 0 bridgehead atoms. The second-order valence-corrected chi connectivity index (χ2v) is 6.60. The fourth-order valence-electron chi connectivity index (χ4n) is 4.11. The second-order valence-electron chi connectivity index (χ2n) is 6.60. The summed E-state index contributed by atoms with van der Waals surface area (Å²) in [6.07, 6.45) is 7.12. The van der Waals surface area contributed by atoms with Crippen molar-refractivity contribution in [3.8, 4) is 0 Å². The van der Waals surface area contributed by atoms with Crippen LogP contribution in [0.15, 0.2) is 24.3 Å². The minimum Gasteiger partial charge on any atom is -0.303 e. The van der Waals surface area contributed by atoms with E-state index in [0.29, 0.717) is 0 Å². The lowest BCUT2D eigenvalue weighted by molar-refractivity contribution is 0.136. The van der Waals surface area contributed by atoms with Crippen LogP contribution >= 0.6 is 0 Å². The molecule has 0 unspecified atom stereocenters. The van der Waals surface area contributed by atoms with Gasteiger partial charge in [0.15, 0.2) is 0 Å². The van der Waals surface area contributed by atoms with E-state index < -0.39 is 0 Å². The molecule has 4 rings (SSSR count). The zero-order chi connectivity index (χ0) is 11.9. The minimum absolute atomic E-state index is 0.866. The van der Waals surface area contributed by atoms with E-state index in [1.807, 2.05) is 0 Å². The van der Waals surface area contributed by atoms with Crippen LogP contribution in [0.25, 0.3) is 0 Å². The molecule has 1 heterocycles. The molecule has 18 heavy (non-hydrogen) atoms.